The average molecular weight is 210 g/mol. The summed E-state index contributed by atoms with van der Waals surface area (Å²) in [5.74, 6) is 0. The number of rotatable bonds is 2. The van der Waals surface area contributed by atoms with Crippen LogP contribution in [-0.2, 0) is 19.5 Å². The van der Waals surface area contributed by atoms with Crippen LogP contribution < -0.4 is 0 Å². The number of hydrogen-bond acceptors (Lipinski definition) is 1. The smallest absolute Gasteiger partial charge is 0.0441 e. The van der Waals surface area contributed by atoms with Crippen LogP contribution in [0.1, 0.15) is 30.5 Å². The Kier molecular flexibility index (Phi) is 2.80. The second-order valence-corrected chi connectivity index (χ2v) is 4.28. The van der Waals surface area contributed by atoms with E-state index < -0.39 is 0 Å². The van der Waals surface area contributed by atoms with Crippen molar-refractivity contribution >= 4 is 11.6 Å². The zero-order chi connectivity index (χ0) is 10.1. The fourth-order valence-electron chi connectivity index (χ4n) is 2.04. The summed E-state index contributed by atoms with van der Waals surface area (Å²) in [7, 11) is 0. The molecule has 0 atom stereocenters. The van der Waals surface area contributed by atoms with Gasteiger partial charge in [-0.05, 0) is 35.7 Å². The summed E-state index contributed by atoms with van der Waals surface area (Å²) in [4.78, 5) is 2.43. The van der Waals surface area contributed by atoms with E-state index in [-0.39, 0.29) is 0 Å². The number of nitrogens with zero attached hydrogens (tertiary/aromatic N) is 1. The Bertz CT molecular complexity index is 346. The molecular formula is C12H16ClN. The van der Waals surface area contributed by atoms with E-state index in [1.54, 1.807) is 0 Å². The third-order valence-corrected chi connectivity index (χ3v) is 3.34. The molecule has 1 aromatic rings. The minimum atomic E-state index is 0.934. The molecule has 14 heavy (non-hydrogen) atoms. The van der Waals surface area contributed by atoms with E-state index in [0.29, 0.717) is 0 Å². The SMILES string of the molecule is CCc1cc2c(cc1Cl)CN(CC)C2. The highest BCUT2D eigenvalue weighted by Gasteiger charge is 2.18. The zero-order valence-electron chi connectivity index (χ0n) is 8.81. The summed E-state index contributed by atoms with van der Waals surface area (Å²) in [6.45, 7) is 7.63. The highest BCUT2D eigenvalue weighted by Crippen LogP contribution is 2.28. The number of aryl methyl sites for hydroxylation is 1. The lowest BCUT2D eigenvalue weighted by atomic mass is 10.1. The highest BCUT2D eigenvalue weighted by atomic mass is 35.5. The predicted octanol–water partition coefficient (Wildman–Crippen LogP) is 3.24. The Hall–Kier alpha value is -0.530. The van der Waals surface area contributed by atoms with Crippen molar-refractivity contribution in [1.82, 2.24) is 4.90 Å². The van der Waals surface area contributed by atoms with Crippen LogP contribution >= 0.6 is 11.6 Å². The molecule has 1 aromatic carbocycles. The number of benzene rings is 1. The summed E-state index contributed by atoms with van der Waals surface area (Å²) >= 11 is 6.18. The van der Waals surface area contributed by atoms with Gasteiger partial charge in [0, 0.05) is 18.1 Å². The van der Waals surface area contributed by atoms with Crippen molar-refractivity contribution < 1.29 is 0 Å². The third-order valence-electron chi connectivity index (χ3n) is 2.98. The van der Waals surface area contributed by atoms with Crippen molar-refractivity contribution in [1.29, 1.82) is 0 Å². The number of hydrogen-bond donors (Lipinski definition) is 0. The minimum Gasteiger partial charge on any atom is -0.295 e. The summed E-state index contributed by atoms with van der Waals surface area (Å²) < 4.78 is 0. The van der Waals surface area contributed by atoms with Gasteiger partial charge in [0.1, 0.15) is 0 Å². The lowest BCUT2D eigenvalue weighted by Crippen LogP contribution is -2.14. The van der Waals surface area contributed by atoms with E-state index in [0.717, 1.165) is 31.1 Å². The fraction of sp³-hybridized carbons (Fsp3) is 0.500. The second kappa shape index (κ2) is 3.92. The van der Waals surface area contributed by atoms with Crippen LogP contribution in [0.15, 0.2) is 12.1 Å². The van der Waals surface area contributed by atoms with Gasteiger partial charge in [-0.25, -0.2) is 0 Å². The first-order chi connectivity index (χ1) is 6.74. The molecule has 0 bridgehead atoms. The van der Waals surface area contributed by atoms with Crippen LogP contribution in [0.4, 0.5) is 0 Å². The van der Waals surface area contributed by atoms with E-state index in [4.69, 9.17) is 11.6 Å². The second-order valence-electron chi connectivity index (χ2n) is 3.87. The lowest BCUT2D eigenvalue weighted by molar-refractivity contribution is 0.301. The van der Waals surface area contributed by atoms with Crippen LogP contribution in [0.2, 0.25) is 5.02 Å². The Balaban J connectivity index is 2.34. The topological polar surface area (TPSA) is 3.24 Å². The van der Waals surface area contributed by atoms with Gasteiger partial charge in [0.2, 0.25) is 0 Å². The molecule has 1 nitrogen and oxygen atoms in total. The van der Waals surface area contributed by atoms with Crippen LogP contribution in [0.3, 0.4) is 0 Å². The predicted molar refractivity (Wildman–Crippen MR) is 60.6 cm³/mol. The summed E-state index contributed by atoms with van der Waals surface area (Å²) in [5.41, 5.74) is 4.16. The molecule has 1 heterocycles. The van der Waals surface area contributed by atoms with Crippen LogP contribution in [0, 0.1) is 0 Å². The molecule has 0 aromatic heterocycles. The van der Waals surface area contributed by atoms with Crippen molar-refractivity contribution in [3.63, 3.8) is 0 Å². The molecule has 1 aliphatic rings. The van der Waals surface area contributed by atoms with Gasteiger partial charge in [0.25, 0.3) is 0 Å². The van der Waals surface area contributed by atoms with Crippen molar-refractivity contribution in [2.24, 2.45) is 0 Å². The molecular weight excluding hydrogens is 194 g/mol. The molecule has 0 aliphatic carbocycles. The van der Waals surface area contributed by atoms with Crippen molar-refractivity contribution in [3.05, 3.63) is 33.8 Å². The molecule has 0 spiro atoms. The molecule has 2 heteroatoms. The lowest BCUT2D eigenvalue weighted by Gasteiger charge is -2.09. The van der Waals surface area contributed by atoms with E-state index in [2.05, 4.69) is 30.9 Å². The standard InChI is InChI=1S/C12H16ClN/c1-3-9-5-10-7-14(4-2)8-11(10)6-12(9)13/h5-6H,3-4,7-8H2,1-2H3. The van der Waals surface area contributed by atoms with Crippen molar-refractivity contribution in [2.75, 3.05) is 6.54 Å². The molecule has 0 N–H and O–H groups in total. The molecule has 0 saturated carbocycles. The highest BCUT2D eigenvalue weighted by molar-refractivity contribution is 6.31. The first-order valence-electron chi connectivity index (χ1n) is 5.27. The van der Waals surface area contributed by atoms with Gasteiger partial charge in [-0.1, -0.05) is 31.5 Å². The first-order valence-corrected chi connectivity index (χ1v) is 5.65. The Morgan fingerprint density at radius 2 is 1.86 bits per heavy atom. The van der Waals surface area contributed by atoms with Crippen molar-refractivity contribution in [3.8, 4) is 0 Å². The Morgan fingerprint density at radius 3 is 2.43 bits per heavy atom. The van der Waals surface area contributed by atoms with Gasteiger partial charge in [-0.3, -0.25) is 4.90 Å². The molecule has 0 fully saturated rings. The Morgan fingerprint density at radius 1 is 1.21 bits per heavy atom. The number of fused-ring (bicyclic) bond motifs is 1. The van der Waals surface area contributed by atoms with E-state index in [1.165, 1.54) is 16.7 Å². The zero-order valence-corrected chi connectivity index (χ0v) is 9.56. The van der Waals surface area contributed by atoms with Crippen LogP contribution in [-0.4, -0.2) is 11.4 Å². The van der Waals surface area contributed by atoms with Gasteiger partial charge >= 0.3 is 0 Å². The maximum Gasteiger partial charge on any atom is 0.0441 e. The van der Waals surface area contributed by atoms with Gasteiger partial charge in [-0.15, -0.1) is 0 Å². The normalized spacial score (nSPS) is 15.9. The van der Waals surface area contributed by atoms with Gasteiger partial charge in [-0.2, -0.15) is 0 Å². The van der Waals surface area contributed by atoms with Crippen LogP contribution in [0.25, 0.3) is 0 Å². The van der Waals surface area contributed by atoms with E-state index in [1.807, 2.05) is 0 Å². The molecule has 0 amide bonds. The Labute approximate surface area is 90.7 Å². The molecule has 1 aliphatic heterocycles. The first kappa shape index (κ1) is 10.0. The monoisotopic (exact) mass is 209 g/mol. The van der Waals surface area contributed by atoms with Gasteiger partial charge in [0.15, 0.2) is 0 Å². The maximum absolute atomic E-state index is 6.18. The molecule has 0 radical (unpaired) electrons. The molecule has 0 unspecified atom stereocenters. The quantitative estimate of drug-likeness (QED) is 0.723. The summed E-state index contributed by atoms with van der Waals surface area (Å²) in [6.07, 6.45) is 1.03. The van der Waals surface area contributed by atoms with Gasteiger partial charge in [0.05, 0.1) is 0 Å². The largest absolute Gasteiger partial charge is 0.295 e. The fourth-order valence-corrected chi connectivity index (χ4v) is 2.36. The van der Waals surface area contributed by atoms with E-state index in [9.17, 15) is 0 Å². The van der Waals surface area contributed by atoms with Crippen LogP contribution in [0.5, 0.6) is 0 Å². The molecule has 76 valence electrons. The molecule has 2 rings (SSSR count). The van der Waals surface area contributed by atoms with Gasteiger partial charge < -0.3 is 0 Å². The average Bonchev–Trinajstić information content (AvgIpc) is 2.58. The summed E-state index contributed by atoms with van der Waals surface area (Å²) in [6, 6.07) is 4.42. The molecule has 0 saturated heterocycles. The number of halogens is 1. The minimum absolute atomic E-state index is 0.934. The maximum atomic E-state index is 6.18. The van der Waals surface area contributed by atoms with E-state index >= 15 is 0 Å². The third kappa shape index (κ3) is 1.67. The summed E-state index contributed by atoms with van der Waals surface area (Å²) in [5, 5.41) is 0.934. The van der Waals surface area contributed by atoms with Crippen molar-refractivity contribution in [2.45, 2.75) is 33.4 Å².